The largest absolute Gasteiger partial charge is 0.230 e. The van der Waals surface area contributed by atoms with Crippen molar-refractivity contribution in [1.29, 1.82) is 0 Å². The Morgan fingerprint density at radius 2 is 1.60 bits per heavy atom. The zero-order valence-corrected chi connectivity index (χ0v) is 10.0. The first-order valence-corrected chi connectivity index (χ1v) is 5.65. The Labute approximate surface area is 97.5 Å². The number of aryl methyl sites for hydroxylation is 1. The van der Waals surface area contributed by atoms with Crippen molar-refractivity contribution in [2.75, 3.05) is 0 Å². The highest BCUT2D eigenvalue weighted by Gasteiger charge is 1.98. The van der Waals surface area contributed by atoms with Gasteiger partial charge < -0.3 is 0 Å². The van der Waals surface area contributed by atoms with Crippen LogP contribution < -0.4 is 0 Å². The topological polar surface area (TPSA) is 25.8 Å². The van der Waals surface area contributed by atoms with Crippen LogP contribution in [0.25, 0.3) is 11.1 Å². The van der Waals surface area contributed by atoms with Gasteiger partial charge in [0.15, 0.2) is 4.73 Å². The Hall–Kier alpha value is -1.22. The van der Waals surface area contributed by atoms with E-state index in [-0.39, 0.29) is 0 Å². The SMILES string of the molecule is CCc1ccc(-c2cnc(Br)nc2)cc1. The lowest BCUT2D eigenvalue weighted by Crippen LogP contribution is -1.85. The standard InChI is InChI=1S/C12H11BrN2/c1-2-9-3-5-10(6-4-9)11-7-14-12(13)15-8-11/h3-8H,2H2,1H3. The zero-order chi connectivity index (χ0) is 10.7. The molecule has 0 N–H and O–H groups in total. The lowest BCUT2D eigenvalue weighted by molar-refractivity contribution is 1.11. The summed E-state index contributed by atoms with van der Waals surface area (Å²) in [5, 5.41) is 0. The summed E-state index contributed by atoms with van der Waals surface area (Å²) < 4.78 is 0.622. The van der Waals surface area contributed by atoms with Gasteiger partial charge in [0.1, 0.15) is 0 Å². The van der Waals surface area contributed by atoms with Gasteiger partial charge in [0.2, 0.25) is 0 Å². The molecule has 0 saturated carbocycles. The van der Waals surface area contributed by atoms with Gasteiger partial charge in [-0.2, -0.15) is 0 Å². The van der Waals surface area contributed by atoms with Crippen molar-refractivity contribution >= 4 is 15.9 Å². The summed E-state index contributed by atoms with van der Waals surface area (Å²) in [6.45, 7) is 2.15. The summed E-state index contributed by atoms with van der Waals surface area (Å²) in [6, 6.07) is 8.48. The molecular formula is C12H11BrN2. The van der Waals surface area contributed by atoms with Crippen molar-refractivity contribution in [2.24, 2.45) is 0 Å². The molecule has 0 unspecified atom stereocenters. The second-order valence-electron chi connectivity index (χ2n) is 3.29. The predicted molar refractivity (Wildman–Crippen MR) is 64.5 cm³/mol. The van der Waals surface area contributed by atoms with E-state index in [1.807, 2.05) is 12.4 Å². The van der Waals surface area contributed by atoms with Crippen LogP contribution in [0, 0.1) is 0 Å². The number of hydrogen-bond acceptors (Lipinski definition) is 2. The van der Waals surface area contributed by atoms with E-state index in [2.05, 4.69) is 57.1 Å². The fourth-order valence-corrected chi connectivity index (χ4v) is 1.60. The number of nitrogens with zero attached hydrogens (tertiary/aromatic N) is 2. The van der Waals surface area contributed by atoms with Gasteiger partial charge in [0.25, 0.3) is 0 Å². The van der Waals surface area contributed by atoms with Crippen molar-refractivity contribution < 1.29 is 0 Å². The monoisotopic (exact) mass is 262 g/mol. The molecule has 0 amide bonds. The summed E-state index contributed by atoms with van der Waals surface area (Å²) in [4.78, 5) is 8.21. The van der Waals surface area contributed by atoms with E-state index in [4.69, 9.17) is 0 Å². The van der Waals surface area contributed by atoms with E-state index in [9.17, 15) is 0 Å². The van der Waals surface area contributed by atoms with Gasteiger partial charge in [0, 0.05) is 18.0 Å². The third-order valence-corrected chi connectivity index (χ3v) is 2.73. The smallest absolute Gasteiger partial charge is 0.196 e. The Kier molecular flexibility index (Phi) is 3.11. The minimum atomic E-state index is 0.622. The molecule has 2 nitrogen and oxygen atoms in total. The Balaban J connectivity index is 2.33. The number of halogens is 1. The third-order valence-electron chi connectivity index (χ3n) is 2.32. The average molecular weight is 263 g/mol. The number of hydrogen-bond donors (Lipinski definition) is 0. The van der Waals surface area contributed by atoms with Crippen LogP contribution in [-0.4, -0.2) is 9.97 Å². The van der Waals surface area contributed by atoms with Crippen molar-refractivity contribution in [3.8, 4) is 11.1 Å². The van der Waals surface area contributed by atoms with Crippen LogP contribution in [0.4, 0.5) is 0 Å². The Bertz CT molecular complexity index is 434. The maximum Gasteiger partial charge on any atom is 0.196 e. The second-order valence-corrected chi connectivity index (χ2v) is 4.00. The molecule has 0 bridgehead atoms. The summed E-state index contributed by atoms with van der Waals surface area (Å²) in [5.74, 6) is 0. The lowest BCUT2D eigenvalue weighted by atomic mass is 10.1. The summed E-state index contributed by atoms with van der Waals surface area (Å²) in [5.41, 5.74) is 3.54. The van der Waals surface area contributed by atoms with Gasteiger partial charge >= 0.3 is 0 Å². The first-order chi connectivity index (χ1) is 7.29. The molecule has 0 aliphatic carbocycles. The molecule has 76 valence electrons. The molecule has 0 atom stereocenters. The van der Waals surface area contributed by atoms with Gasteiger partial charge in [0.05, 0.1) is 0 Å². The summed E-state index contributed by atoms with van der Waals surface area (Å²) in [7, 11) is 0. The van der Waals surface area contributed by atoms with E-state index in [0.29, 0.717) is 4.73 Å². The van der Waals surface area contributed by atoms with E-state index in [1.165, 1.54) is 5.56 Å². The molecule has 0 saturated heterocycles. The molecule has 1 aromatic heterocycles. The van der Waals surface area contributed by atoms with Gasteiger partial charge in [-0.15, -0.1) is 0 Å². The first kappa shape index (κ1) is 10.3. The molecular weight excluding hydrogens is 252 g/mol. The maximum absolute atomic E-state index is 4.10. The lowest BCUT2D eigenvalue weighted by Gasteiger charge is -2.02. The van der Waals surface area contributed by atoms with Crippen LogP contribution >= 0.6 is 15.9 Å². The predicted octanol–water partition coefficient (Wildman–Crippen LogP) is 3.47. The zero-order valence-electron chi connectivity index (χ0n) is 8.44. The Morgan fingerprint density at radius 1 is 1.00 bits per heavy atom. The number of aromatic nitrogens is 2. The molecule has 2 rings (SSSR count). The average Bonchev–Trinajstić information content (AvgIpc) is 2.30. The summed E-state index contributed by atoms with van der Waals surface area (Å²) >= 11 is 3.22. The number of rotatable bonds is 2. The fraction of sp³-hybridized carbons (Fsp3) is 0.167. The molecule has 1 heterocycles. The second kappa shape index (κ2) is 4.53. The molecule has 0 spiro atoms. The van der Waals surface area contributed by atoms with Crippen molar-refractivity contribution in [3.05, 3.63) is 47.0 Å². The highest BCUT2D eigenvalue weighted by atomic mass is 79.9. The molecule has 1 aromatic carbocycles. The quantitative estimate of drug-likeness (QED) is 0.775. The molecule has 0 aliphatic heterocycles. The highest BCUT2D eigenvalue weighted by molar-refractivity contribution is 9.10. The van der Waals surface area contributed by atoms with Crippen molar-refractivity contribution in [1.82, 2.24) is 9.97 Å². The van der Waals surface area contributed by atoms with Crippen LogP contribution in [0.5, 0.6) is 0 Å². The molecule has 0 fully saturated rings. The van der Waals surface area contributed by atoms with Crippen molar-refractivity contribution in [2.45, 2.75) is 13.3 Å². The Morgan fingerprint density at radius 3 is 2.13 bits per heavy atom. The minimum Gasteiger partial charge on any atom is -0.230 e. The summed E-state index contributed by atoms with van der Waals surface area (Å²) in [6.07, 6.45) is 4.70. The minimum absolute atomic E-state index is 0.622. The van der Waals surface area contributed by atoms with Crippen LogP contribution in [0.15, 0.2) is 41.4 Å². The molecule has 0 radical (unpaired) electrons. The van der Waals surface area contributed by atoms with Gasteiger partial charge in [-0.25, -0.2) is 9.97 Å². The fourth-order valence-electron chi connectivity index (χ4n) is 1.39. The third kappa shape index (κ3) is 2.42. The number of benzene rings is 1. The van der Waals surface area contributed by atoms with Gasteiger partial charge in [-0.1, -0.05) is 31.2 Å². The van der Waals surface area contributed by atoms with E-state index < -0.39 is 0 Å². The van der Waals surface area contributed by atoms with E-state index in [0.717, 1.165) is 17.5 Å². The molecule has 2 aromatic rings. The van der Waals surface area contributed by atoms with Crippen LogP contribution in [0.2, 0.25) is 0 Å². The molecule has 15 heavy (non-hydrogen) atoms. The van der Waals surface area contributed by atoms with Crippen LogP contribution in [-0.2, 0) is 6.42 Å². The maximum atomic E-state index is 4.10. The van der Waals surface area contributed by atoms with Crippen LogP contribution in [0.1, 0.15) is 12.5 Å². The van der Waals surface area contributed by atoms with Crippen LogP contribution in [0.3, 0.4) is 0 Å². The highest BCUT2D eigenvalue weighted by Crippen LogP contribution is 2.18. The van der Waals surface area contributed by atoms with Gasteiger partial charge in [-0.05, 0) is 33.5 Å². The normalized spacial score (nSPS) is 10.3. The molecule has 3 heteroatoms. The first-order valence-electron chi connectivity index (χ1n) is 4.86. The van der Waals surface area contributed by atoms with Gasteiger partial charge in [-0.3, -0.25) is 0 Å². The van der Waals surface area contributed by atoms with E-state index in [1.54, 1.807) is 0 Å². The van der Waals surface area contributed by atoms with E-state index >= 15 is 0 Å². The molecule has 0 aliphatic rings. The van der Waals surface area contributed by atoms with Crippen molar-refractivity contribution in [3.63, 3.8) is 0 Å².